The Balaban J connectivity index is 1.76. The molecule has 0 amide bonds. The molecule has 1 unspecified atom stereocenters. The monoisotopic (exact) mass is 297 g/mol. The molecule has 1 aromatic rings. The van der Waals surface area contributed by atoms with Crippen molar-refractivity contribution < 1.29 is 23.1 Å². The molecule has 0 bridgehead atoms. The lowest BCUT2D eigenvalue weighted by Crippen LogP contribution is -2.73. The van der Waals surface area contributed by atoms with Crippen molar-refractivity contribution in [2.75, 3.05) is 19.7 Å². The van der Waals surface area contributed by atoms with Crippen LogP contribution in [0.5, 0.6) is 0 Å². The third kappa shape index (κ3) is 1.85. The molecule has 20 heavy (non-hydrogen) atoms. The minimum atomic E-state index is -3.53. The van der Waals surface area contributed by atoms with Gasteiger partial charge in [-0.1, -0.05) is 17.7 Å². The summed E-state index contributed by atoms with van der Waals surface area (Å²) in [5, 5.41) is 8.98. The zero-order chi connectivity index (χ0) is 14.5. The van der Waals surface area contributed by atoms with Crippen LogP contribution in [0.1, 0.15) is 5.56 Å². The number of rotatable bonds is 3. The van der Waals surface area contributed by atoms with Crippen molar-refractivity contribution in [1.82, 2.24) is 4.31 Å². The van der Waals surface area contributed by atoms with E-state index in [1.807, 2.05) is 6.92 Å². The molecule has 0 aliphatic carbocycles. The number of nitrogens with zero attached hydrogens (tertiary/aromatic N) is 1. The van der Waals surface area contributed by atoms with Crippen LogP contribution in [0.2, 0.25) is 0 Å². The second kappa shape index (κ2) is 4.28. The van der Waals surface area contributed by atoms with Gasteiger partial charge in [0.05, 0.1) is 16.9 Å². The van der Waals surface area contributed by atoms with Crippen LogP contribution in [0.4, 0.5) is 0 Å². The molecule has 0 radical (unpaired) electrons. The average molecular weight is 297 g/mol. The van der Waals surface area contributed by atoms with E-state index in [0.717, 1.165) is 5.56 Å². The largest absolute Gasteiger partial charge is 0.479 e. The number of benzene rings is 1. The number of sulfonamides is 1. The van der Waals surface area contributed by atoms with Crippen molar-refractivity contribution >= 4 is 16.0 Å². The van der Waals surface area contributed by atoms with Crippen LogP contribution >= 0.6 is 0 Å². The smallest absolute Gasteiger partial charge is 0.333 e. The lowest BCUT2D eigenvalue weighted by atomic mass is 9.73. The number of carboxylic acid groups (broad SMARTS) is 1. The summed E-state index contributed by atoms with van der Waals surface area (Å²) in [6, 6.07) is 6.63. The van der Waals surface area contributed by atoms with E-state index in [1.165, 1.54) is 4.31 Å². The Labute approximate surface area is 117 Å². The van der Waals surface area contributed by atoms with Crippen LogP contribution in [0, 0.1) is 12.3 Å². The van der Waals surface area contributed by atoms with Gasteiger partial charge in [0.15, 0.2) is 6.10 Å². The van der Waals surface area contributed by atoms with E-state index in [2.05, 4.69) is 0 Å². The molecule has 0 aromatic heterocycles. The molecule has 2 saturated heterocycles. The first-order valence-electron chi connectivity index (χ1n) is 6.26. The van der Waals surface area contributed by atoms with E-state index in [1.54, 1.807) is 24.3 Å². The highest BCUT2D eigenvalue weighted by Gasteiger charge is 2.62. The summed E-state index contributed by atoms with van der Waals surface area (Å²) in [7, 11) is -3.53. The highest BCUT2D eigenvalue weighted by Crippen LogP contribution is 2.45. The van der Waals surface area contributed by atoms with E-state index in [0.29, 0.717) is 6.61 Å². The molecule has 2 aliphatic rings. The number of hydrogen-bond acceptors (Lipinski definition) is 4. The molecule has 6 nitrogen and oxygen atoms in total. The zero-order valence-corrected chi connectivity index (χ0v) is 11.8. The Morgan fingerprint density at radius 3 is 2.40 bits per heavy atom. The van der Waals surface area contributed by atoms with Gasteiger partial charge in [0.25, 0.3) is 0 Å². The van der Waals surface area contributed by atoms with Gasteiger partial charge < -0.3 is 9.84 Å². The number of ether oxygens (including phenoxy) is 1. The highest BCUT2D eigenvalue weighted by atomic mass is 32.2. The third-order valence-corrected chi connectivity index (χ3v) is 5.77. The van der Waals surface area contributed by atoms with E-state index in [9.17, 15) is 13.2 Å². The Kier molecular flexibility index (Phi) is 2.89. The summed E-state index contributed by atoms with van der Waals surface area (Å²) in [5.41, 5.74) is 0.450. The van der Waals surface area contributed by atoms with Gasteiger partial charge in [-0.3, -0.25) is 0 Å². The number of aliphatic carboxylic acids is 1. The SMILES string of the molecule is Cc1ccc(S(=O)(=O)N2CC3(COC3C(=O)O)C2)cc1. The molecule has 2 fully saturated rings. The maximum atomic E-state index is 12.4. The molecular weight excluding hydrogens is 282 g/mol. The Morgan fingerprint density at radius 1 is 1.35 bits per heavy atom. The van der Waals surface area contributed by atoms with E-state index < -0.39 is 27.5 Å². The van der Waals surface area contributed by atoms with Crippen molar-refractivity contribution in [2.24, 2.45) is 5.41 Å². The van der Waals surface area contributed by atoms with Gasteiger partial charge >= 0.3 is 5.97 Å². The summed E-state index contributed by atoms with van der Waals surface area (Å²) < 4.78 is 31.1. The Hall–Kier alpha value is -1.44. The topological polar surface area (TPSA) is 83.9 Å². The van der Waals surface area contributed by atoms with E-state index in [4.69, 9.17) is 9.84 Å². The second-order valence-electron chi connectivity index (χ2n) is 5.48. The maximum absolute atomic E-state index is 12.4. The van der Waals surface area contributed by atoms with Gasteiger partial charge in [-0.05, 0) is 19.1 Å². The standard InChI is InChI=1S/C13H15NO5S/c1-9-2-4-10(5-3-9)20(17,18)14-6-13(7-14)8-19-11(13)12(15)16/h2-5,11H,6-8H2,1H3,(H,15,16). The predicted octanol–water partition coefficient (Wildman–Crippen LogP) is 0.469. The van der Waals surface area contributed by atoms with Crippen LogP contribution in [0.25, 0.3) is 0 Å². The minimum Gasteiger partial charge on any atom is -0.479 e. The third-order valence-electron chi connectivity index (χ3n) is 3.96. The number of carbonyl (C=O) groups is 1. The van der Waals surface area contributed by atoms with Crippen LogP contribution < -0.4 is 0 Å². The quantitative estimate of drug-likeness (QED) is 0.876. The van der Waals surface area contributed by atoms with Gasteiger partial charge in [0.2, 0.25) is 10.0 Å². The predicted molar refractivity (Wildman–Crippen MR) is 69.7 cm³/mol. The molecule has 7 heteroatoms. The van der Waals surface area contributed by atoms with Gasteiger partial charge in [0, 0.05) is 13.1 Å². The zero-order valence-electron chi connectivity index (χ0n) is 10.9. The van der Waals surface area contributed by atoms with Crippen molar-refractivity contribution in [3.8, 4) is 0 Å². The minimum absolute atomic E-state index is 0.209. The Morgan fingerprint density at radius 2 is 1.95 bits per heavy atom. The van der Waals surface area contributed by atoms with Crippen LogP contribution in [0.15, 0.2) is 29.2 Å². The van der Waals surface area contributed by atoms with Crippen LogP contribution in [-0.4, -0.2) is 49.6 Å². The van der Waals surface area contributed by atoms with Crippen LogP contribution in [-0.2, 0) is 19.6 Å². The van der Waals surface area contributed by atoms with Crippen molar-refractivity contribution in [3.05, 3.63) is 29.8 Å². The maximum Gasteiger partial charge on any atom is 0.333 e. The number of aryl methyl sites for hydroxylation is 1. The highest BCUT2D eigenvalue weighted by molar-refractivity contribution is 7.89. The molecular formula is C13H15NO5S. The first kappa shape index (κ1) is 13.5. The van der Waals surface area contributed by atoms with Gasteiger partial charge in [-0.25, -0.2) is 13.2 Å². The molecule has 2 heterocycles. The first-order chi connectivity index (χ1) is 9.35. The lowest BCUT2D eigenvalue weighted by molar-refractivity contribution is -0.236. The molecule has 1 atom stereocenters. The fraction of sp³-hybridized carbons (Fsp3) is 0.462. The number of hydrogen-bond donors (Lipinski definition) is 1. The molecule has 1 N–H and O–H groups in total. The van der Waals surface area contributed by atoms with Crippen molar-refractivity contribution in [1.29, 1.82) is 0 Å². The summed E-state index contributed by atoms with van der Waals surface area (Å²) in [6.07, 6.45) is -0.882. The lowest BCUT2D eigenvalue weighted by Gasteiger charge is -2.57. The first-order valence-corrected chi connectivity index (χ1v) is 7.70. The molecule has 0 saturated carbocycles. The normalized spacial score (nSPS) is 24.9. The van der Waals surface area contributed by atoms with E-state index >= 15 is 0 Å². The fourth-order valence-corrected chi connectivity index (χ4v) is 4.31. The molecule has 3 rings (SSSR count). The summed E-state index contributed by atoms with van der Waals surface area (Å²) >= 11 is 0. The van der Waals surface area contributed by atoms with Crippen molar-refractivity contribution in [3.63, 3.8) is 0 Å². The number of carboxylic acids is 1. The summed E-state index contributed by atoms with van der Waals surface area (Å²) in [4.78, 5) is 11.2. The van der Waals surface area contributed by atoms with Crippen molar-refractivity contribution in [2.45, 2.75) is 17.9 Å². The fourth-order valence-electron chi connectivity index (χ4n) is 2.68. The van der Waals surface area contributed by atoms with E-state index in [-0.39, 0.29) is 18.0 Å². The summed E-state index contributed by atoms with van der Waals surface area (Å²) in [6.45, 7) is 2.61. The molecule has 2 aliphatic heterocycles. The van der Waals surface area contributed by atoms with Gasteiger partial charge in [0.1, 0.15) is 0 Å². The second-order valence-corrected chi connectivity index (χ2v) is 7.42. The Bertz CT molecular complexity index is 646. The van der Waals surface area contributed by atoms with Crippen LogP contribution in [0.3, 0.4) is 0 Å². The molecule has 108 valence electrons. The molecule has 1 spiro atoms. The average Bonchev–Trinajstić information content (AvgIpc) is 2.25. The van der Waals surface area contributed by atoms with Gasteiger partial charge in [-0.2, -0.15) is 4.31 Å². The summed E-state index contributed by atoms with van der Waals surface area (Å²) in [5.74, 6) is -1.02. The van der Waals surface area contributed by atoms with Gasteiger partial charge in [-0.15, -0.1) is 0 Å². The molecule has 1 aromatic carbocycles.